The van der Waals surface area contributed by atoms with Crippen LogP contribution in [0.25, 0.3) is 11.3 Å². The topological polar surface area (TPSA) is 57.8 Å². The van der Waals surface area contributed by atoms with E-state index in [1.165, 1.54) is 5.56 Å². The maximum atomic E-state index is 12.5. The van der Waals surface area contributed by atoms with Crippen LogP contribution >= 0.6 is 11.6 Å². The molecule has 122 valence electrons. The van der Waals surface area contributed by atoms with Crippen LogP contribution in [0.4, 0.5) is 0 Å². The molecule has 24 heavy (non-hydrogen) atoms. The standard InChI is InChI=1S/C19H18ClN3O/c1-2-13-3-7-15(8-4-13)18-17(12-22-23-18)19(24)21-11-14-5-9-16(20)10-6-14/h3-10,12H,2,11H2,1H3,(H,21,24)(H,22,23). The fourth-order valence-electron chi connectivity index (χ4n) is 2.47. The quantitative estimate of drug-likeness (QED) is 0.731. The molecule has 0 aliphatic heterocycles. The predicted octanol–water partition coefficient (Wildman–Crippen LogP) is 4.22. The number of benzene rings is 2. The number of nitrogens with one attached hydrogen (secondary N) is 2. The van der Waals surface area contributed by atoms with Crippen molar-refractivity contribution in [1.29, 1.82) is 0 Å². The molecule has 0 spiro atoms. The van der Waals surface area contributed by atoms with E-state index >= 15 is 0 Å². The second-order valence-corrected chi connectivity index (χ2v) is 5.95. The summed E-state index contributed by atoms with van der Waals surface area (Å²) in [6, 6.07) is 15.5. The van der Waals surface area contributed by atoms with Gasteiger partial charge in [-0.25, -0.2) is 0 Å². The van der Waals surface area contributed by atoms with Gasteiger partial charge in [-0.15, -0.1) is 0 Å². The summed E-state index contributed by atoms with van der Waals surface area (Å²) in [5.41, 5.74) is 4.46. The Hall–Kier alpha value is -2.59. The average Bonchev–Trinajstić information content (AvgIpc) is 3.11. The Morgan fingerprint density at radius 1 is 1.08 bits per heavy atom. The van der Waals surface area contributed by atoms with Gasteiger partial charge >= 0.3 is 0 Å². The first-order valence-electron chi connectivity index (χ1n) is 7.82. The average molecular weight is 340 g/mol. The molecule has 0 radical (unpaired) electrons. The summed E-state index contributed by atoms with van der Waals surface area (Å²) in [6.07, 6.45) is 2.54. The number of rotatable bonds is 5. The third kappa shape index (κ3) is 3.66. The third-order valence-corrected chi connectivity index (χ3v) is 4.15. The van der Waals surface area contributed by atoms with E-state index in [1.807, 2.05) is 36.4 Å². The number of carbonyl (C=O) groups is 1. The van der Waals surface area contributed by atoms with Gasteiger partial charge in [0.15, 0.2) is 0 Å². The van der Waals surface area contributed by atoms with Crippen molar-refractivity contribution in [1.82, 2.24) is 15.5 Å². The Morgan fingerprint density at radius 3 is 2.42 bits per heavy atom. The number of aromatic nitrogens is 2. The normalized spacial score (nSPS) is 10.6. The number of H-pyrrole nitrogens is 1. The number of aromatic amines is 1. The van der Waals surface area contributed by atoms with Crippen LogP contribution in [0.1, 0.15) is 28.4 Å². The van der Waals surface area contributed by atoms with E-state index in [1.54, 1.807) is 6.20 Å². The lowest BCUT2D eigenvalue weighted by molar-refractivity contribution is 0.0951. The molecule has 1 aromatic heterocycles. The highest BCUT2D eigenvalue weighted by Crippen LogP contribution is 2.22. The smallest absolute Gasteiger partial charge is 0.255 e. The van der Waals surface area contributed by atoms with Crippen LogP contribution in [-0.2, 0) is 13.0 Å². The van der Waals surface area contributed by atoms with E-state index in [0.717, 1.165) is 23.2 Å². The summed E-state index contributed by atoms with van der Waals surface area (Å²) in [4.78, 5) is 12.5. The van der Waals surface area contributed by atoms with Gasteiger partial charge in [0, 0.05) is 17.1 Å². The molecule has 1 heterocycles. The van der Waals surface area contributed by atoms with Crippen molar-refractivity contribution >= 4 is 17.5 Å². The van der Waals surface area contributed by atoms with E-state index in [2.05, 4.69) is 34.6 Å². The van der Waals surface area contributed by atoms with Crippen molar-refractivity contribution in [3.05, 3.63) is 76.4 Å². The summed E-state index contributed by atoms with van der Waals surface area (Å²) in [5.74, 6) is -0.159. The van der Waals surface area contributed by atoms with Crippen molar-refractivity contribution in [2.75, 3.05) is 0 Å². The Labute approximate surface area is 145 Å². The number of hydrogen-bond acceptors (Lipinski definition) is 2. The van der Waals surface area contributed by atoms with E-state index in [4.69, 9.17) is 11.6 Å². The number of amides is 1. The minimum absolute atomic E-state index is 0.159. The van der Waals surface area contributed by atoms with Gasteiger partial charge in [-0.2, -0.15) is 5.10 Å². The van der Waals surface area contributed by atoms with E-state index < -0.39 is 0 Å². The van der Waals surface area contributed by atoms with E-state index in [-0.39, 0.29) is 5.91 Å². The first-order chi connectivity index (χ1) is 11.7. The van der Waals surface area contributed by atoms with Gasteiger partial charge in [0.05, 0.1) is 17.5 Å². The van der Waals surface area contributed by atoms with Crippen LogP contribution < -0.4 is 5.32 Å². The van der Waals surface area contributed by atoms with Crippen LogP contribution in [0, 0.1) is 0 Å². The van der Waals surface area contributed by atoms with Gasteiger partial charge in [-0.3, -0.25) is 9.89 Å². The molecule has 4 nitrogen and oxygen atoms in total. The molecule has 3 aromatic rings. The second kappa shape index (κ2) is 7.32. The van der Waals surface area contributed by atoms with Gasteiger partial charge in [-0.05, 0) is 29.7 Å². The molecule has 0 saturated carbocycles. The zero-order chi connectivity index (χ0) is 16.9. The highest BCUT2D eigenvalue weighted by Gasteiger charge is 2.15. The lowest BCUT2D eigenvalue weighted by atomic mass is 10.0. The lowest BCUT2D eigenvalue weighted by Gasteiger charge is -2.07. The second-order valence-electron chi connectivity index (χ2n) is 5.52. The fourth-order valence-corrected chi connectivity index (χ4v) is 2.59. The van der Waals surface area contributed by atoms with Gasteiger partial charge in [0.2, 0.25) is 0 Å². The first kappa shape index (κ1) is 16.3. The number of aryl methyl sites for hydroxylation is 1. The molecule has 0 saturated heterocycles. The maximum absolute atomic E-state index is 12.5. The van der Waals surface area contributed by atoms with Gasteiger partial charge < -0.3 is 5.32 Å². The summed E-state index contributed by atoms with van der Waals surface area (Å²) < 4.78 is 0. The van der Waals surface area contributed by atoms with Crippen LogP contribution in [0.15, 0.2) is 54.7 Å². The van der Waals surface area contributed by atoms with Gasteiger partial charge in [0.25, 0.3) is 5.91 Å². The molecule has 3 rings (SSSR count). The number of carbonyl (C=O) groups excluding carboxylic acids is 1. The van der Waals surface area contributed by atoms with Crippen LogP contribution in [0.5, 0.6) is 0 Å². The highest BCUT2D eigenvalue weighted by atomic mass is 35.5. The van der Waals surface area contributed by atoms with Gasteiger partial charge in [0.1, 0.15) is 0 Å². The third-order valence-electron chi connectivity index (χ3n) is 3.90. The molecule has 0 bridgehead atoms. The zero-order valence-electron chi connectivity index (χ0n) is 13.3. The van der Waals surface area contributed by atoms with Crippen molar-refractivity contribution in [2.24, 2.45) is 0 Å². The Kier molecular flexibility index (Phi) is 4.96. The van der Waals surface area contributed by atoms with E-state index in [9.17, 15) is 4.79 Å². The van der Waals surface area contributed by atoms with Crippen LogP contribution in [0.3, 0.4) is 0 Å². The summed E-state index contributed by atoms with van der Waals surface area (Å²) in [5, 5.41) is 10.5. The van der Waals surface area contributed by atoms with Crippen molar-refractivity contribution in [3.63, 3.8) is 0 Å². The molecule has 0 aliphatic rings. The zero-order valence-corrected chi connectivity index (χ0v) is 14.1. The maximum Gasteiger partial charge on any atom is 0.255 e. The molecule has 2 N–H and O–H groups in total. The van der Waals surface area contributed by atoms with Crippen LogP contribution in [-0.4, -0.2) is 16.1 Å². The number of hydrogen-bond donors (Lipinski definition) is 2. The molecule has 0 aliphatic carbocycles. The molecule has 2 aromatic carbocycles. The Bertz CT molecular complexity index is 823. The molecule has 0 unspecified atom stereocenters. The van der Waals surface area contributed by atoms with Gasteiger partial charge in [-0.1, -0.05) is 54.9 Å². The molecule has 5 heteroatoms. The lowest BCUT2D eigenvalue weighted by Crippen LogP contribution is -2.22. The Morgan fingerprint density at radius 2 is 1.75 bits per heavy atom. The minimum atomic E-state index is -0.159. The predicted molar refractivity (Wildman–Crippen MR) is 96.0 cm³/mol. The molecular formula is C19H18ClN3O. The first-order valence-corrected chi connectivity index (χ1v) is 8.20. The van der Waals surface area contributed by atoms with Crippen molar-refractivity contribution < 1.29 is 4.79 Å². The van der Waals surface area contributed by atoms with E-state index in [0.29, 0.717) is 17.1 Å². The minimum Gasteiger partial charge on any atom is -0.348 e. The fraction of sp³-hybridized carbons (Fsp3) is 0.158. The van der Waals surface area contributed by atoms with Crippen molar-refractivity contribution in [2.45, 2.75) is 19.9 Å². The number of nitrogens with zero attached hydrogens (tertiary/aromatic N) is 1. The summed E-state index contributed by atoms with van der Waals surface area (Å²) in [7, 11) is 0. The van der Waals surface area contributed by atoms with Crippen molar-refractivity contribution in [3.8, 4) is 11.3 Å². The van der Waals surface area contributed by atoms with Crippen LogP contribution in [0.2, 0.25) is 5.02 Å². The molecule has 0 fully saturated rings. The molecular weight excluding hydrogens is 322 g/mol. The summed E-state index contributed by atoms with van der Waals surface area (Å²) >= 11 is 5.87. The summed E-state index contributed by atoms with van der Waals surface area (Å²) in [6.45, 7) is 2.55. The monoisotopic (exact) mass is 339 g/mol. The number of halogens is 1. The highest BCUT2D eigenvalue weighted by molar-refractivity contribution is 6.30. The Balaban J connectivity index is 1.73. The molecule has 1 amide bonds. The molecule has 0 atom stereocenters. The largest absolute Gasteiger partial charge is 0.348 e. The SMILES string of the molecule is CCc1ccc(-c2[nH]ncc2C(=O)NCc2ccc(Cl)cc2)cc1.